The molecule has 0 aliphatic carbocycles. The van der Waals surface area contributed by atoms with Crippen LogP contribution < -0.4 is 15.4 Å². The summed E-state index contributed by atoms with van der Waals surface area (Å²) in [6, 6.07) is 13.1. The Morgan fingerprint density at radius 1 is 1.24 bits per heavy atom. The van der Waals surface area contributed by atoms with Gasteiger partial charge in [-0.2, -0.15) is 0 Å². The van der Waals surface area contributed by atoms with E-state index >= 15 is 0 Å². The van der Waals surface area contributed by atoms with Crippen LogP contribution in [0.3, 0.4) is 0 Å². The van der Waals surface area contributed by atoms with Gasteiger partial charge in [0.2, 0.25) is 0 Å². The zero-order chi connectivity index (χ0) is 18.2. The number of nitrogens with zero attached hydrogens (tertiary/aromatic N) is 1. The molecule has 1 atom stereocenters. The molecule has 0 spiro atoms. The van der Waals surface area contributed by atoms with Crippen molar-refractivity contribution in [2.24, 2.45) is 4.99 Å². The molecule has 0 fully saturated rings. The van der Waals surface area contributed by atoms with Crippen molar-refractivity contribution in [3.05, 3.63) is 58.6 Å². The van der Waals surface area contributed by atoms with Crippen molar-refractivity contribution < 1.29 is 9.84 Å². The van der Waals surface area contributed by atoms with Gasteiger partial charge in [-0.05, 0) is 42.7 Å². The summed E-state index contributed by atoms with van der Waals surface area (Å²) in [5.74, 6) is 1.58. The van der Waals surface area contributed by atoms with Crippen LogP contribution in [0.5, 0.6) is 11.5 Å². The molecule has 5 nitrogen and oxygen atoms in total. The summed E-state index contributed by atoms with van der Waals surface area (Å²) in [5.41, 5.74) is 1.98. The molecule has 0 aliphatic rings. The Kier molecular flexibility index (Phi) is 6.95. The molecular weight excluding hydrogens is 338 g/mol. The maximum Gasteiger partial charge on any atom is 0.191 e. The van der Waals surface area contributed by atoms with Crippen LogP contribution in [0.1, 0.15) is 24.1 Å². The van der Waals surface area contributed by atoms with Crippen molar-refractivity contribution in [1.82, 2.24) is 10.6 Å². The van der Waals surface area contributed by atoms with E-state index in [9.17, 15) is 5.11 Å². The molecule has 6 heteroatoms. The van der Waals surface area contributed by atoms with E-state index in [1.165, 1.54) is 0 Å². The number of aromatic hydroxyl groups is 1. The fourth-order valence-electron chi connectivity index (χ4n) is 2.43. The molecule has 0 radical (unpaired) electrons. The van der Waals surface area contributed by atoms with Crippen molar-refractivity contribution in [3.63, 3.8) is 0 Å². The molecule has 2 rings (SSSR count). The topological polar surface area (TPSA) is 65.9 Å². The number of phenolic OH excluding ortho intramolecular Hbond substituents is 1. The molecule has 0 aromatic heterocycles. The van der Waals surface area contributed by atoms with E-state index in [-0.39, 0.29) is 11.8 Å². The molecule has 0 amide bonds. The van der Waals surface area contributed by atoms with E-state index in [1.807, 2.05) is 36.4 Å². The predicted octanol–water partition coefficient (Wildman–Crippen LogP) is 3.52. The fourth-order valence-corrected chi connectivity index (χ4v) is 2.56. The standard InChI is InChI=1S/C19H24ClN3O2/c1-13(14-4-7-16(20)8-5-14)23-19(21-2)22-11-10-15-6-9-17(25-3)12-18(15)24/h4-9,12-13,24H,10-11H2,1-3H3,(H2,21,22,23). The maximum atomic E-state index is 10.00. The van der Waals surface area contributed by atoms with E-state index in [2.05, 4.69) is 22.5 Å². The van der Waals surface area contributed by atoms with E-state index < -0.39 is 0 Å². The second-order valence-electron chi connectivity index (χ2n) is 5.66. The third kappa shape index (κ3) is 5.57. The average Bonchev–Trinajstić information content (AvgIpc) is 2.62. The minimum absolute atomic E-state index is 0.0952. The molecule has 25 heavy (non-hydrogen) atoms. The summed E-state index contributed by atoms with van der Waals surface area (Å²) >= 11 is 5.92. The molecule has 0 saturated carbocycles. The lowest BCUT2D eigenvalue weighted by Crippen LogP contribution is -2.39. The lowest BCUT2D eigenvalue weighted by atomic mass is 10.1. The van der Waals surface area contributed by atoms with Crippen LogP contribution in [0.15, 0.2) is 47.5 Å². The first kappa shape index (κ1) is 18.9. The molecule has 2 aromatic rings. The third-order valence-corrected chi connectivity index (χ3v) is 4.18. The van der Waals surface area contributed by atoms with Crippen molar-refractivity contribution in [2.75, 3.05) is 20.7 Å². The van der Waals surface area contributed by atoms with Gasteiger partial charge in [0.05, 0.1) is 13.2 Å². The van der Waals surface area contributed by atoms with Crippen LogP contribution in [-0.4, -0.2) is 31.8 Å². The Morgan fingerprint density at radius 3 is 2.56 bits per heavy atom. The van der Waals surface area contributed by atoms with Gasteiger partial charge in [-0.15, -0.1) is 0 Å². The summed E-state index contributed by atoms with van der Waals surface area (Å²) in [6.07, 6.45) is 0.672. The molecule has 0 saturated heterocycles. The highest BCUT2D eigenvalue weighted by molar-refractivity contribution is 6.30. The Hall–Kier alpha value is -2.40. The van der Waals surface area contributed by atoms with Gasteiger partial charge in [0.1, 0.15) is 11.5 Å². The summed E-state index contributed by atoms with van der Waals surface area (Å²) in [5, 5.41) is 17.3. The van der Waals surface area contributed by atoms with E-state index in [1.54, 1.807) is 20.2 Å². The van der Waals surface area contributed by atoms with Gasteiger partial charge in [-0.3, -0.25) is 4.99 Å². The Bertz CT molecular complexity index is 717. The lowest BCUT2D eigenvalue weighted by Gasteiger charge is -2.18. The van der Waals surface area contributed by atoms with E-state index in [0.717, 1.165) is 16.1 Å². The summed E-state index contributed by atoms with van der Waals surface area (Å²) < 4.78 is 5.09. The first-order chi connectivity index (χ1) is 12.0. The third-order valence-electron chi connectivity index (χ3n) is 3.93. The number of hydrogen-bond acceptors (Lipinski definition) is 3. The highest BCUT2D eigenvalue weighted by Crippen LogP contribution is 2.23. The van der Waals surface area contributed by atoms with E-state index in [4.69, 9.17) is 16.3 Å². The quantitative estimate of drug-likeness (QED) is 0.544. The second-order valence-corrected chi connectivity index (χ2v) is 6.10. The van der Waals surface area contributed by atoms with Crippen molar-refractivity contribution in [2.45, 2.75) is 19.4 Å². The van der Waals surface area contributed by atoms with Crippen LogP contribution >= 0.6 is 11.6 Å². The Balaban J connectivity index is 1.87. The number of methoxy groups -OCH3 is 1. The van der Waals surface area contributed by atoms with Crippen molar-refractivity contribution in [1.29, 1.82) is 0 Å². The van der Waals surface area contributed by atoms with Gasteiger partial charge >= 0.3 is 0 Å². The monoisotopic (exact) mass is 361 g/mol. The highest BCUT2D eigenvalue weighted by Gasteiger charge is 2.08. The maximum absolute atomic E-state index is 10.00. The van der Waals surface area contributed by atoms with Gasteiger partial charge in [-0.25, -0.2) is 0 Å². The number of aliphatic imine (C=N–C) groups is 1. The number of hydrogen-bond donors (Lipinski definition) is 3. The van der Waals surface area contributed by atoms with Crippen molar-refractivity contribution >= 4 is 17.6 Å². The molecule has 134 valence electrons. The predicted molar refractivity (Wildman–Crippen MR) is 103 cm³/mol. The minimum Gasteiger partial charge on any atom is -0.508 e. The Morgan fingerprint density at radius 2 is 1.96 bits per heavy atom. The zero-order valence-electron chi connectivity index (χ0n) is 14.7. The SMILES string of the molecule is CN=C(NCCc1ccc(OC)cc1O)NC(C)c1ccc(Cl)cc1. The molecule has 0 aliphatic heterocycles. The smallest absolute Gasteiger partial charge is 0.191 e. The first-order valence-electron chi connectivity index (χ1n) is 8.12. The molecule has 3 N–H and O–H groups in total. The highest BCUT2D eigenvalue weighted by atomic mass is 35.5. The number of phenols is 1. The van der Waals surface area contributed by atoms with E-state index in [0.29, 0.717) is 24.7 Å². The van der Waals surface area contributed by atoms with Crippen LogP contribution in [0, 0.1) is 0 Å². The number of rotatable bonds is 6. The van der Waals surface area contributed by atoms with Gasteiger partial charge in [0.25, 0.3) is 0 Å². The lowest BCUT2D eigenvalue weighted by molar-refractivity contribution is 0.406. The number of guanidine groups is 1. The number of benzene rings is 2. The minimum atomic E-state index is 0.0952. The summed E-state index contributed by atoms with van der Waals surface area (Å²) in [4.78, 5) is 4.24. The van der Waals surface area contributed by atoms with Gasteiger partial charge in [-0.1, -0.05) is 29.8 Å². The van der Waals surface area contributed by atoms with Crippen molar-refractivity contribution in [3.8, 4) is 11.5 Å². The molecule has 2 aromatic carbocycles. The molecule has 1 unspecified atom stereocenters. The molecule has 0 bridgehead atoms. The van der Waals surface area contributed by atoms with Gasteiger partial charge in [0.15, 0.2) is 5.96 Å². The van der Waals surface area contributed by atoms with Crippen LogP contribution in [0.25, 0.3) is 0 Å². The zero-order valence-corrected chi connectivity index (χ0v) is 15.5. The fraction of sp³-hybridized carbons (Fsp3) is 0.316. The first-order valence-corrected chi connectivity index (χ1v) is 8.49. The van der Waals surface area contributed by atoms with Gasteiger partial charge < -0.3 is 20.5 Å². The average molecular weight is 362 g/mol. The summed E-state index contributed by atoms with van der Waals surface area (Å²) in [7, 11) is 3.31. The van der Waals surface area contributed by atoms with Crippen LogP contribution in [0.4, 0.5) is 0 Å². The number of ether oxygens (including phenoxy) is 1. The van der Waals surface area contributed by atoms with Gasteiger partial charge in [0, 0.05) is 24.7 Å². The summed E-state index contributed by atoms with van der Waals surface area (Å²) in [6.45, 7) is 2.71. The number of nitrogens with one attached hydrogen (secondary N) is 2. The van der Waals surface area contributed by atoms with Crippen LogP contribution in [-0.2, 0) is 6.42 Å². The number of halogens is 1. The van der Waals surface area contributed by atoms with Crippen LogP contribution in [0.2, 0.25) is 5.02 Å². The largest absolute Gasteiger partial charge is 0.508 e. The molecule has 0 heterocycles. The second kappa shape index (κ2) is 9.18. The Labute approximate surface area is 153 Å². The molecular formula is C19H24ClN3O2. The normalized spacial score (nSPS) is 12.6.